The Balaban J connectivity index is 4.15. The molecule has 3 N–H and O–H groups in total. The van der Waals surface area contributed by atoms with E-state index >= 15 is 0 Å². The molecule has 0 unspecified atom stereocenters. The van der Waals surface area contributed by atoms with Gasteiger partial charge in [-0.1, -0.05) is 0 Å². The minimum Gasteiger partial charge on any atom is -0.480 e. The van der Waals surface area contributed by atoms with Crippen LogP contribution in [0.1, 0.15) is 26.2 Å². The van der Waals surface area contributed by atoms with Crippen LogP contribution in [0, 0.1) is 0 Å². The number of nitrogens with zero attached hydrogens (tertiary/aromatic N) is 1. The normalized spacial score (nSPS) is 12.2. The third-order valence-corrected chi connectivity index (χ3v) is 2.18. The number of likely N-dealkylation sites (N-methyl/N-ethyl adjacent to an activating group) is 1. The van der Waals surface area contributed by atoms with E-state index in [0.717, 1.165) is 12.8 Å². The van der Waals surface area contributed by atoms with Gasteiger partial charge in [0.15, 0.2) is 0 Å². The van der Waals surface area contributed by atoms with E-state index in [-0.39, 0.29) is 5.91 Å². The zero-order chi connectivity index (χ0) is 11.1. The first-order valence-corrected chi connectivity index (χ1v) is 4.67. The van der Waals surface area contributed by atoms with E-state index in [1.807, 2.05) is 0 Å². The van der Waals surface area contributed by atoms with Crippen LogP contribution in [0.3, 0.4) is 0 Å². The molecular weight excluding hydrogens is 184 g/mol. The zero-order valence-corrected chi connectivity index (χ0v) is 8.69. The van der Waals surface area contributed by atoms with Gasteiger partial charge in [-0.2, -0.15) is 0 Å². The third kappa shape index (κ3) is 4.23. The Morgan fingerprint density at radius 1 is 1.43 bits per heavy atom. The standard InChI is InChI=1S/C9H18N2O3/c1-7(12)11(2)8(9(13)14)5-3-4-6-10/h8H,3-6,10H2,1-2H3,(H,13,14)/t8-/m0/s1. The van der Waals surface area contributed by atoms with Crippen molar-refractivity contribution in [2.24, 2.45) is 5.73 Å². The molecule has 0 aliphatic carbocycles. The highest BCUT2D eigenvalue weighted by atomic mass is 16.4. The van der Waals surface area contributed by atoms with Crippen LogP contribution >= 0.6 is 0 Å². The zero-order valence-electron chi connectivity index (χ0n) is 8.69. The first kappa shape index (κ1) is 12.9. The average Bonchev–Trinajstić information content (AvgIpc) is 2.10. The third-order valence-electron chi connectivity index (χ3n) is 2.18. The van der Waals surface area contributed by atoms with Crippen LogP contribution in [0.15, 0.2) is 0 Å². The summed E-state index contributed by atoms with van der Waals surface area (Å²) in [5.74, 6) is -1.19. The van der Waals surface area contributed by atoms with Crippen molar-refractivity contribution in [3.8, 4) is 0 Å². The molecule has 0 radical (unpaired) electrons. The Hall–Kier alpha value is -1.10. The molecule has 0 aliphatic rings. The average molecular weight is 202 g/mol. The van der Waals surface area contributed by atoms with Crippen LogP contribution in [-0.2, 0) is 9.59 Å². The predicted octanol–water partition coefficient (Wildman–Crippen LogP) is 0.0469. The summed E-state index contributed by atoms with van der Waals surface area (Å²) in [6, 6.07) is -0.723. The summed E-state index contributed by atoms with van der Waals surface area (Å²) in [6.45, 7) is 1.91. The van der Waals surface area contributed by atoms with Gasteiger partial charge in [-0.25, -0.2) is 4.79 Å². The van der Waals surface area contributed by atoms with Crippen molar-refractivity contribution >= 4 is 11.9 Å². The molecule has 0 aromatic heterocycles. The molecule has 0 saturated carbocycles. The van der Waals surface area contributed by atoms with Gasteiger partial charge >= 0.3 is 5.97 Å². The number of carbonyl (C=O) groups is 2. The van der Waals surface area contributed by atoms with Crippen molar-refractivity contribution in [2.75, 3.05) is 13.6 Å². The van der Waals surface area contributed by atoms with E-state index in [0.29, 0.717) is 13.0 Å². The van der Waals surface area contributed by atoms with E-state index in [1.54, 1.807) is 0 Å². The lowest BCUT2D eigenvalue weighted by Gasteiger charge is -2.23. The number of carboxylic acid groups (broad SMARTS) is 1. The molecule has 0 heterocycles. The Bertz CT molecular complexity index is 206. The Morgan fingerprint density at radius 2 is 2.00 bits per heavy atom. The van der Waals surface area contributed by atoms with Crippen LogP contribution < -0.4 is 5.73 Å². The monoisotopic (exact) mass is 202 g/mol. The molecule has 5 nitrogen and oxygen atoms in total. The van der Waals surface area contributed by atoms with Gasteiger partial charge < -0.3 is 15.7 Å². The number of rotatable bonds is 6. The molecule has 0 saturated heterocycles. The van der Waals surface area contributed by atoms with Crippen molar-refractivity contribution in [3.05, 3.63) is 0 Å². The maximum atomic E-state index is 11.0. The van der Waals surface area contributed by atoms with Gasteiger partial charge in [0.05, 0.1) is 0 Å². The van der Waals surface area contributed by atoms with Crippen molar-refractivity contribution in [2.45, 2.75) is 32.2 Å². The van der Waals surface area contributed by atoms with E-state index in [1.165, 1.54) is 18.9 Å². The number of hydrogen-bond donors (Lipinski definition) is 2. The van der Waals surface area contributed by atoms with Gasteiger partial charge in [0.25, 0.3) is 0 Å². The lowest BCUT2D eigenvalue weighted by atomic mass is 10.1. The van der Waals surface area contributed by atoms with Crippen molar-refractivity contribution in [1.29, 1.82) is 0 Å². The van der Waals surface area contributed by atoms with Gasteiger partial charge in [-0.15, -0.1) is 0 Å². The Kier molecular flexibility index (Phi) is 5.87. The molecule has 0 bridgehead atoms. The van der Waals surface area contributed by atoms with Gasteiger partial charge in [0, 0.05) is 14.0 Å². The van der Waals surface area contributed by atoms with E-state index in [4.69, 9.17) is 10.8 Å². The Labute approximate surface area is 83.9 Å². The van der Waals surface area contributed by atoms with Gasteiger partial charge in [0.1, 0.15) is 6.04 Å². The molecule has 0 aromatic rings. The van der Waals surface area contributed by atoms with Crippen molar-refractivity contribution in [3.63, 3.8) is 0 Å². The second kappa shape index (κ2) is 6.37. The quantitative estimate of drug-likeness (QED) is 0.596. The van der Waals surface area contributed by atoms with E-state index in [9.17, 15) is 9.59 Å². The number of carbonyl (C=O) groups excluding carboxylic acids is 1. The minimum absolute atomic E-state index is 0.231. The molecule has 0 aliphatic heterocycles. The summed E-state index contributed by atoms with van der Waals surface area (Å²) in [7, 11) is 1.50. The number of hydrogen-bond acceptors (Lipinski definition) is 3. The fourth-order valence-corrected chi connectivity index (χ4v) is 1.18. The van der Waals surface area contributed by atoms with E-state index in [2.05, 4.69) is 0 Å². The van der Waals surface area contributed by atoms with Crippen LogP contribution in [0.25, 0.3) is 0 Å². The molecule has 0 rings (SSSR count). The van der Waals surface area contributed by atoms with Gasteiger partial charge in [-0.05, 0) is 25.8 Å². The van der Waals surface area contributed by atoms with Gasteiger partial charge in [-0.3, -0.25) is 4.79 Å². The predicted molar refractivity (Wildman–Crippen MR) is 52.8 cm³/mol. The number of unbranched alkanes of at least 4 members (excludes halogenated alkanes) is 1. The highest BCUT2D eigenvalue weighted by molar-refractivity contribution is 5.81. The maximum Gasteiger partial charge on any atom is 0.326 e. The molecule has 0 fully saturated rings. The highest BCUT2D eigenvalue weighted by Crippen LogP contribution is 2.07. The van der Waals surface area contributed by atoms with Crippen molar-refractivity contribution in [1.82, 2.24) is 4.90 Å². The lowest BCUT2D eigenvalue weighted by molar-refractivity contribution is -0.148. The maximum absolute atomic E-state index is 11.0. The topological polar surface area (TPSA) is 83.6 Å². The molecule has 1 atom stereocenters. The number of carboxylic acids is 1. The van der Waals surface area contributed by atoms with Gasteiger partial charge in [0.2, 0.25) is 5.91 Å². The largest absolute Gasteiger partial charge is 0.480 e. The minimum atomic E-state index is -0.959. The summed E-state index contributed by atoms with van der Waals surface area (Å²) in [5, 5.41) is 8.87. The first-order chi connectivity index (χ1) is 6.50. The second-order valence-electron chi connectivity index (χ2n) is 3.27. The lowest BCUT2D eigenvalue weighted by Crippen LogP contribution is -2.41. The smallest absolute Gasteiger partial charge is 0.326 e. The molecule has 82 valence electrons. The second-order valence-corrected chi connectivity index (χ2v) is 3.27. The summed E-state index contributed by atoms with van der Waals surface area (Å²) >= 11 is 0. The van der Waals surface area contributed by atoms with Crippen LogP contribution in [0.4, 0.5) is 0 Å². The number of amides is 1. The molecule has 14 heavy (non-hydrogen) atoms. The fourth-order valence-electron chi connectivity index (χ4n) is 1.18. The van der Waals surface area contributed by atoms with Crippen LogP contribution in [-0.4, -0.2) is 41.5 Å². The molecule has 0 spiro atoms. The highest BCUT2D eigenvalue weighted by Gasteiger charge is 2.23. The summed E-state index contributed by atoms with van der Waals surface area (Å²) in [6.07, 6.45) is 1.98. The summed E-state index contributed by atoms with van der Waals surface area (Å²) < 4.78 is 0. The first-order valence-electron chi connectivity index (χ1n) is 4.67. The van der Waals surface area contributed by atoms with E-state index < -0.39 is 12.0 Å². The fraction of sp³-hybridized carbons (Fsp3) is 0.778. The number of nitrogens with two attached hydrogens (primary N) is 1. The van der Waals surface area contributed by atoms with Crippen LogP contribution in [0.5, 0.6) is 0 Å². The molecule has 5 heteroatoms. The molecular formula is C9H18N2O3. The SMILES string of the molecule is CC(=O)N(C)[C@@H](CCCCN)C(=O)O. The Morgan fingerprint density at radius 3 is 2.36 bits per heavy atom. The number of aliphatic carboxylic acids is 1. The van der Waals surface area contributed by atoms with Crippen LogP contribution in [0.2, 0.25) is 0 Å². The summed E-state index contributed by atoms with van der Waals surface area (Å²) in [5.41, 5.74) is 5.30. The molecule has 0 aromatic carbocycles. The van der Waals surface area contributed by atoms with Crippen molar-refractivity contribution < 1.29 is 14.7 Å². The molecule has 1 amide bonds. The summed E-state index contributed by atoms with van der Waals surface area (Å²) in [4.78, 5) is 23.0.